The fraction of sp³-hybridized carbons (Fsp3) is 0.235. The molecule has 0 aliphatic carbocycles. The van der Waals surface area contributed by atoms with Crippen LogP contribution in [0.15, 0.2) is 112 Å². The number of quaternary nitrogens is 1. The normalized spacial score (nSPS) is 17.2. The molecule has 0 amide bonds. The molecule has 5 rings (SSSR count). The molecule has 0 aromatic heterocycles. The summed E-state index contributed by atoms with van der Waals surface area (Å²) in [6.45, 7) is 7.24. The molecule has 0 saturated heterocycles. The van der Waals surface area contributed by atoms with E-state index in [-0.39, 0.29) is 9.54 Å². The molecule has 1 unspecified atom stereocenters. The zero-order valence-corrected chi connectivity index (χ0v) is 27.3. The summed E-state index contributed by atoms with van der Waals surface area (Å²) in [5.74, 6) is 0. The molecule has 1 heterocycles. The van der Waals surface area contributed by atoms with E-state index in [1.807, 2.05) is 87.5 Å². The summed E-state index contributed by atoms with van der Waals surface area (Å²) in [7, 11) is -4.09. The SMILES string of the molecule is CCN1C[N+](CC)(OS(=O)(=O)c2ccc(C)cc2)c2cc(CC(Cl)=Nc3ccccc3)c(CC(Cl)=Nc3ccccc3)cc21. The van der Waals surface area contributed by atoms with Gasteiger partial charge < -0.3 is 4.90 Å². The van der Waals surface area contributed by atoms with Gasteiger partial charge in [0.15, 0.2) is 12.4 Å². The number of anilines is 1. The molecule has 44 heavy (non-hydrogen) atoms. The van der Waals surface area contributed by atoms with E-state index in [1.165, 1.54) is 0 Å². The van der Waals surface area contributed by atoms with Gasteiger partial charge in [-0.05, 0) is 74.4 Å². The summed E-state index contributed by atoms with van der Waals surface area (Å²) < 4.78 is 33.1. The number of aryl methyl sites for hydroxylation is 1. The number of halogens is 2. The molecule has 4 aromatic carbocycles. The summed E-state index contributed by atoms with van der Waals surface area (Å²) in [5.41, 5.74) is 5.87. The van der Waals surface area contributed by atoms with Crippen LogP contribution in [0.2, 0.25) is 0 Å². The van der Waals surface area contributed by atoms with Gasteiger partial charge in [-0.2, -0.15) is 8.42 Å². The van der Waals surface area contributed by atoms with E-state index in [9.17, 15) is 8.42 Å². The maximum absolute atomic E-state index is 13.6. The number of hydrogen-bond acceptors (Lipinski definition) is 6. The number of hydrogen-bond donors (Lipinski definition) is 0. The minimum absolute atomic E-state index is 0.115. The fourth-order valence-electron chi connectivity index (χ4n) is 5.27. The molecule has 0 bridgehead atoms. The first-order valence-electron chi connectivity index (χ1n) is 14.5. The van der Waals surface area contributed by atoms with Crippen LogP contribution < -0.4 is 9.55 Å². The number of rotatable bonds is 11. The topological polar surface area (TPSA) is 71.3 Å². The second-order valence-electron chi connectivity index (χ2n) is 10.7. The standard InChI is InChI=1S/C34H35Cl2N4O3S/c1-4-39-24-40(5-2,43-44(41,42)30-18-16-25(3)17-19-30)32-21-27(23-34(36)38-29-14-10-7-11-15-29)26(20-31(32)39)22-33(35)37-28-12-8-6-9-13-28/h6-21H,4-5,22-24H2,1-3H3/q+1. The van der Waals surface area contributed by atoms with E-state index in [0.717, 1.165) is 39.4 Å². The van der Waals surface area contributed by atoms with Gasteiger partial charge in [-0.15, -0.1) is 4.65 Å². The predicted octanol–water partition coefficient (Wildman–Crippen LogP) is 8.46. The average molecular weight is 651 g/mol. The zero-order valence-electron chi connectivity index (χ0n) is 25.0. The largest absolute Gasteiger partial charge is 0.343 e. The Bertz CT molecular complexity index is 1780. The molecular weight excluding hydrogens is 615 g/mol. The number of hydroxylamine groups is 2. The summed E-state index contributed by atoms with van der Waals surface area (Å²) in [4.78, 5) is 11.5. The lowest BCUT2D eigenvalue weighted by atomic mass is 9.99. The van der Waals surface area contributed by atoms with Crippen molar-refractivity contribution >= 4 is 66.4 Å². The number of fused-ring (bicyclic) bond motifs is 1. The third-order valence-corrected chi connectivity index (χ3v) is 9.37. The second-order valence-corrected chi connectivity index (χ2v) is 13.1. The van der Waals surface area contributed by atoms with Gasteiger partial charge in [0.05, 0.1) is 16.3 Å². The molecule has 1 atom stereocenters. The van der Waals surface area contributed by atoms with Crippen molar-refractivity contribution in [3.8, 4) is 0 Å². The molecule has 7 nitrogen and oxygen atoms in total. The van der Waals surface area contributed by atoms with Gasteiger partial charge in [-0.25, -0.2) is 9.98 Å². The highest BCUT2D eigenvalue weighted by molar-refractivity contribution is 7.86. The van der Waals surface area contributed by atoms with Crippen LogP contribution >= 0.6 is 23.2 Å². The Hall–Kier alpha value is -3.53. The molecule has 0 N–H and O–H groups in total. The summed E-state index contributed by atoms with van der Waals surface area (Å²) in [6, 6.07) is 29.8. The highest BCUT2D eigenvalue weighted by atomic mass is 35.5. The van der Waals surface area contributed by atoms with Gasteiger partial charge in [0, 0.05) is 25.5 Å². The summed E-state index contributed by atoms with van der Waals surface area (Å²) >= 11 is 13.5. The molecule has 228 valence electrons. The fourth-order valence-corrected chi connectivity index (χ4v) is 6.92. The molecule has 0 radical (unpaired) electrons. The van der Waals surface area contributed by atoms with Crippen molar-refractivity contribution in [2.75, 3.05) is 24.7 Å². The van der Waals surface area contributed by atoms with E-state index in [0.29, 0.717) is 42.9 Å². The van der Waals surface area contributed by atoms with Gasteiger partial charge in [0.1, 0.15) is 22.6 Å². The molecule has 1 aliphatic rings. The van der Waals surface area contributed by atoms with Crippen LogP contribution in [0, 0.1) is 6.92 Å². The average Bonchev–Trinajstić information content (AvgIpc) is 3.30. The molecule has 10 heteroatoms. The molecule has 0 spiro atoms. The van der Waals surface area contributed by atoms with Gasteiger partial charge in [0.25, 0.3) is 0 Å². The Morgan fingerprint density at radius 1 is 0.818 bits per heavy atom. The van der Waals surface area contributed by atoms with E-state index in [1.54, 1.807) is 24.3 Å². The maximum atomic E-state index is 13.6. The van der Waals surface area contributed by atoms with E-state index >= 15 is 0 Å². The highest BCUT2D eigenvalue weighted by Gasteiger charge is 2.48. The Kier molecular flexibility index (Phi) is 9.87. The van der Waals surface area contributed by atoms with Crippen molar-refractivity contribution in [1.82, 2.24) is 4.65 Å². The van der Waals surface area contributed by atoms with Gasteiger partial charge in [-0.1, -0.05) is 81.6 Å². The number of benzene rings is 4. The van der Waals surface area contributed by atoms with Crippen molar-refractivity contribution in [2.24, 2.45) is 9.98 Å². The van der Waals surface area contributed by atoms with Crippen LogP contribution in [0.1, 0.15) is 30.5 Å². The lowest BCUT2D eigenvalue weighted by molar-refractivity contribution is -0.0279. The summed E-state index contributed by atoms with van der Waals surface area (Å²) in [6.07, 6.45) is 0.676. The quantitative estimate of drug-likeness (QED) is 0.121. The molecular formula is C34H35Cl2N4O3S+. The van der Waals surface area contributed by atoms with E-state index in [2.05, 4.69) is 21.0 Å². The Labute approximate surface area is 269 Å². The monoisotopic (exact) mass is 649 g/mol. The van der Waals surface area contributed by atoms with Crippen molar-refractivity contribution in [3.63, 3.8) is 0 Å². The van der Waals surface area contributed by atoms with Gasteiger partial charge >= 0.3 is 10.1 Å². The molecule has 4 aromatic rings. The molecule has 1 aliphatic heterocycles. The van der Waals surface area contributed by atoms with E-state index < -0.39 is 10.1 Å². The third-order valence-electron chi connectivity index (χ3n) is 7.60. The predicted molar refractivity (Wildman–Crippen MR) is 182 cm³/mol. The first kappa shape index (κ1) is 31.9. The van der Waals surface area contributed by atoms with Crippen LogP contribution in [0.25, 0.3) is 0 Å². The third kappa shape index (κ3) is 7.22. The minimum atomic E-state index is -4.09. The van der Waals surface area contributed by atoms with Gasteiger partial charge in [-0.3, -0.25) is 0 Å². The molecule has 0 saturated carbocycles. The Balaban J connectivity index is 1.59. The van der Waals surface area contributed by atoms with E-state index in [4.69, 9.17) is 27.5 Å². The minimum Gasteiger partial charge on any atom is -0.317 e. The maximum Gasteiger partial charge on any atom is 0.343 e. The summed E-state index contributed by atoms with van der Waals surface area (Å²) in [5, 5.41) is 0.811. The Morgan fingerprint density at radius 2 is 1.34 bits per heavy atom. The molecule has 0 fully saturated rings. The lowest BCUT2D eigenvalue weighted by Crippen LogP contribution is -2.52. The zero-order chi connectivity index (χ0) is 31.3. The van der Waals surface area contributed by atoms with Crippen molar-refractivity contribution in [3.05, 3.63) is 114 Å². The number of aliphatic imine (C=N–C) groups is 2. The van der Waals surface area contributed by atoms with Crippen molar-refractivity contribution in [1.29, 1.82) is 0 Å². The second kappa shape index (κ2) is 13.6. The Morgan fingerprint density at radius 3 is 1.84 bits per heavy atom. The van der Waals surface area contributed by atoms with Gasteiger partial charge in [0.2, 0.25) is 0 Å². The van der Waals surface area contributed by atoms with Crippen LogP contribution in [0.5, 0.6) is 0 Å². The van der Waals surface area contributed by atoms with Crippen LogP contribution in [0.4, 0.5) is 22.7 Å². The number of nitrogens with zero attached hydrogens (tertiary/aromatic N) is 4. The first-order chi connectivity index (χ1) is 21.1. The lowest BCUT2D eigenvalue weighted by Gasteiger charge is -2.29. The van der Waals surface area contributed by atoms with Crippen LogP contribution in [0.3, 0.4) is 0 Å². The van der Waals surface area contributed by atoms with Crippen molar-refractivity contribution in [2.45, 2.75) is 38.5 Å². The number of para-hydroxylation sites is 2. The van der Waals surface area contributed by atoms with Crippen molar-refractivity contribution < 1.29 is 12.7 Å². The van der Waals surface area contributed by atoms with Crippen LogP contribution in [-0.2, 0) is 27.2 Å². The highest BCUT2D eigenvalue weighted by Crippen LogP contribution is 2.45. The van der Waals surface area contributed by atoms with Crippen LogP contribution in [-0.4, -0.2) is 38.5 Å². The first-order valence-corrected chi connectivity index (χ1v) is 16.7. The smallest absolute Gasteiger partial charge is 0.317 e.